The van der Waals surface area contributed by atoms with Crippen molar-refractivity contribution in [2.24, 2.45) is 0 Å². The Morgan fingerprint density at radius 1 is 1.10 bits per heavy atom. The number of aromatic nitrogens is 2. The molecule has 29 heavy (non-hydrogen) atoms. The van der Waals surface area contributed by atoms with Gasteiger partial charge in [-0.05, 0) is 24.6 Å². The average molecular weight is 392 g/mol. The number of para-hydroxylation sites is 1. The highest BCUT2D eigenvalue weighted by atomic mass is 16.2. The van der Waals surface area contributed by atoms with Gasteiger partial charge in [-0.25, -0.2) is 4.98 Å². The first-order valence-corrected chi connectivity index (χ1v) is 9.55. The van der Waals surface area contributed by atoms with Gasteiger partial charge in [0.15, 0.2) is 0 Å². The number of benzene rings is 2. The lowest BCUT2D eigenvalue weighted by Crippen LogP contribution is -2.36. The van der Waals surface area contributed by atoms with Crippen molar-refractivity contribution in [3.05, 3.63) is 76.3 Å². The Labute approximate surface area is 168 Å². The van der Waals surface area contributed by atoms with Crippen LogP contribution in [0.3, 0.4) is 0 Å². The Kier molecular flexibility index (Phi) is 6.39. The van der Waals surface area contributed by atoms with E-state index >= 15 is 0 Å². The van der Waals surface area contributed by atoms with Gasteiger partial charge in [0.25, 0.3) is 5.56 Å². The predicted molar refractivity (Wildman–Crippen MR) is 111 cm³/mol. The third kappa shape index (κ3) is 5.07. The van der Waals surface area contributed by atoms with Crippen molar-refractivity contribution in [3.8, 4) is 0 Å². The Morgan fingerprint density at radius 3 is 2.48 bits per heavy atom. The molecule has 2 aromatic carbocycles. The highest BCUT2D eigenvalue weighted by molar-refractivity contribution is 5.79. The summed E-state index contributed by atoms with van der Waals surface area (Å²) in [7, 11) is 0. The average Bonchev–Trinajstić information content (AvgIpc) is 2.72. The molecule has 7 heteroatoms. The molecule has 0 spiro atoms. The van der Waals surface area contributed by atoms with Gasteiger partial charge in [-0.1, -0.05) is 42.5 Å². The molecule has 2 N–H and O–H groups in total. The summed E-state index contributed by atoms with van der Waals surface area (Å²) in [6.07, 6.45) is 0.120. The molecule has 150 valence electrons. The van der Waals surface area contributed by atoms with Crippen LogP contribution in [0.15, 0.2) is 59.4 Å². The number of aromatic amines is 1. The van der Waals surface area contributed by atoms with Crippen LogP contribution >= 0.6 is 0 Å². The van der Waals surface area contributed by atoms with Crippen LogP contribution in [0.25, 0.3) is 10.9 Å². The molecule has 1 atom stereocenters. The highest BCUT2D eigenvalue weighted by Gasteiger charge is 2.21. The first-order chi connectivity index (χ1) is 14.0. The Hall–Kier alpha value is -3.48. The number of fused-ring (bicyclic) bond motifs is 1. The number of carbonyl (C=O) groups excluding carboxylic acids is 2. The molecule has 1 heterocycles. The van der Waals surface area contributed by atoms with Crippen molar-refractivity contribution < 1.29 is 9.59 Å². The summed E-state index contributed by atoms with van der Waals surface area (Å²) in [5.74, 6) is 0.0980. The van der Waals surface area contributed by atoms with Gasteiger partial charge in [0.05, 0.1) is 29.9 Å². The molecule has 0 aliphatic rings. The van der Waals surface area contributed by atoms with Crippen LogP contribution in [-0.2, 0) is 16.1 Å². The summed E-state index contributed by atoms with van der Waals surface area (Å²) >= 11 is 0. The standard InChI is InChI=1S/C22H24N4O3/c1-3-26(14-20-24-18-12-8-7-11-17(18)22(29)25-20)21(28)13-19(23-15(2)27)16-9-5-4-6-10-16/h4-12,19H,3,13-14H2,1-2H3,(H,23,27)(H,24,25,29)/t19-/m0/s1. The van der Waals surface area contributed by atoms with E-state index in [4.69, 9.17) is 0 Å². The van der Waals surface area contributed by atoms with Crippen LogP contribution in [0.4, 0.5) is 0 Å². The maximum absolute atomic E-state index is 12.9. The van der Waals surface area contributed by atoms with E-state index in [-0.39, 0.29) is 30.3 Å². The molecule has 0 aliphatic heterocycles. The molecule has 0 saturated carbocycles. The normalized spacial score (nSPS) is 11.8. The summed E-state index contributed by atoms with van der Waals surface area (Å²) < 4.78 is 0. The van der Waals surface area contributed by atoms with Crippen LogP contribution in [-0.4, -0.2) is 33.2 Å². The summed E-state index contributed by atoms with van der Waals surface area (Å²) in [5, 5.41) is 3.36. The van der Waals surface area contributed by atoms with Crippen molar-refractivity contribution in [1.82, 2.24) is 20.2 Å². The second-order valence-electron chi connectivity index (χ2n) is 6.81. The first-order valence-electron chi connectivity index (χ1n) is 9.55. The lowest BCUT2D eigenvalue weighted by Gasteiger charge is -2.24. The third-order valence-electron chi connectivity index (χ3n) is 4.70. The van der Waals surface area contributed by atoms with E-state index in [9.17, 15) is 14.4 Å². The van der Waals surface area contributed by atoms with Crippen LogP contribution in [0.2, 0.25) is 0 Å². The molecule has 0 fully saturated rings. The first kappa shape index (κ1) is 20.3. The van der Waals surface area contributed by atoms with Gasteiger partial charge in [0.1, 0.15) is 5.82 Å². The van der Waals surface area contributed by atoms with Gasteiger partial charge in [0, 0.05) is 13.5 Å². The van der Waals surface area contributed by atoms with Crippen molar-refractivity contribution in [3.63, 3.8) is 0 Å². The van der Waals surface area contributed by atoms with E-state index in [1.807, 2.05) is 43.3 Å². The second kappa shape index (κ2) is 9.14. The summed E-state index contributed by atoms with van der Waals surface area (Å²) in [5.41, 5.74) is 1.23. The van der Waals surface area contributed by atoms with Crippen LogP contribution in [0.1, 0.15) is 37.7 Å². The minimum Gasteiger partial charge on any atom is -0.349 e. The smallest absolute Gasteiger partial charge is 0.258 e. The molecule has 0 unspecified atom stereocenters. The number of hydrogen-bond acceptors (Lipinski definition) is 4. The predicted octanol–water partition coefficient (Wildman–Crippen LogP) is 2.54. The number of amides is 2. The van der Waals surface area contributed by atoms with Crippen molar-refractivity contribution in [2.75, 3.05) is 6.54 Å². The van der Waals surface area contributed by atoms with E-state index in [1.165, 1.54) is 6.92 Å². The van der Waals surface area contributed by atoms with E-state index in [0.717, 1.165) is 5.56 Å². The van der Waals surface area contributed by atoms with E-state index in [2.05, 4.69) is 15.3 Å². The minimum atomic E-state index is -0.418. The topological polar surface area (TPSA) is 95.2 Å². The van der Waals surface area contributed by atoms with Gasteiger partial charge in [-0.2, -0.15) is 0 Å². The number of nitrogens with zero attached hydrogens (tertiary/aromatic N) is 2. The number of rotatable bonds is 7. The molecule has 3 rings (SSSR count). The number of carbonyl (C=O) groups is 2. The molecule has 0 saturated heterocycles. The Balaban J connectivity index is 1.79. The van der Waals surface area contributed by atoms with E-state index in [0.29, 0.717) is 23.3 Å². The van der Waals surface area contributed by atoms with Gasteiger partial charge < -0.3 is 15.2 Å². The zero-order valence-corrected chi connectivity index (χ0v) is 16.5. The SMILES string of the molecule is CCN(Cc1nc2ccccc2c(=O)[nH]1)C(=O)C[C@H](NC(C)=O)c1ccccc1. The van der Waals surface area contributed by atoms with Crippen LogP contribution in [0, 0.1) is 0 Å². The lowest BCUT2D eigenvalue weighted by molar-refractivity contribution is -0.132. The van der Waals surface area contributed by atoms with Crippen molar-refractivity contribution in [1.29, 1.82) is 0 Å². The van der Waals surface area contributed by atoms with E-state index in [1.54, 1.807) is 23.1 Å². The molecular weight excluding hydrogens is 368 g/mol. The van der Waals surface area contributed by atoms with Crippen LogP contribution < -0.4 is 10.9 Å². The quantitative estimate of drug-likeness (QED) is 0.646. The molecule has 7 nitrogen and oxygen atoms in total. The molecule has 3 aromatic rings. The van der Waals surface area contributed by atoms with Gasteiger partial charge in [0.2, 0.25) is 11.8 Å². The van der Waals surface area contributed by atoms with E-state index < -0.39 is 6.04 Å². The van der Waals surface area contributed by atoms with Crippen molar-refractivity contribution in [2.45, 2.75) is 32.9 Å². The highest BCUT2D eigenvalue weighted by Crippen LogP contribution is 2.18. The fraction of sp³-hybridized carbons (Fsp3) is 0.273. The number of H-pyrrole nitrogens is 1. The minimum absolute atomic E-state index is 0.120. The monoisotopic (exact) mass is 392 g/mol. The zero-order chi connectivity index (χ0) is 20.8. The third-order valence-corrected chi connectivity index (χ3v) is 4.70. The fourth-order valence-electron chi connectivity index (χ4n) is 3.25. The number of hydrogen-bond donors (Lipinski definition) is 2. The van der Waals surface area contributed by atoms with Crippen molar-refractivity contribution >= 4 is 22.7 Å². The molecule has 2 amide bonds. The summed E-state index contributed by atoms with van der Waals surface area (Å²) in [6.45, 7) is 3.95. The molecule has 0 aliphatic carbocycles. The number of nitrogens with one attached hydrogen (secondary N) is 2. The zero-order valence-electron chi connectivity index (χ0n) is 16.5. The summed E-state index contributed by atoms with van der Waals surface area (Å²) in [6, 6.07) is 16.1. The Morgan fingerprint density at radius 2 is 1.79 bits per heavy atom. The van der Waals surface area contributed by atoms with Gasteiger partial charge >= 0.3 is 0 Å². The molecule has 1 aromatic heterocycles. The molecule has 0 radical (unpaired) electrons. The molecular formula is C22H24N4O3. The largest absolute Gasteiger partial charge is 0.349 e. The maximum atomic E-state index is 12.9. The lowest BCUT2D eigenvalue weighted by atomic mass is 10.0. The summed E-state index contributed by atoms with van der Waals surface area (Å²) in [4.78, 5) is 45.7. The fourth-order valence-corrected chi connectivity index (χ4v) is 3.25. The maximum Gasteiger partial charge on any atom is 0.258 e. The second-order valence-corrected chi connectivity index (χ2v) is 6.81. The molecule has 0 bridgehead atoms. The Bertz CT molecular complexity index is 1060. The van der Waals surface area contributed by atoms with Gasteiger partial charge in [-0.15, -0.1) is 0 Å². The van der Waals surface area contributed by atoms with Gasteiger partial charge in [-0.3, -0.25) is 14.4 Å². The van der Waals surface area contributed by atoms with Crippen LogP contribution in [0.5, 0.6) is 0 Å².